The summed E-state index contributed by atoms with van der Waals surface area (Å²) in [5.74, 6) is 1.86. The average molecular weight is 273 g/mol. The van der Waals surface area contributed by atoms with Gasteiger partial charge in [0.15, 0.2) is 0 Å². The van der Waals surface area contributed by atoms with Crippen LogP contribution in [-0.2, 0) is 6.54 Å². The topological polar surface area (TPSA) is 50.7 Å². The Morgan fingerprint density at radius 1 is 1.05 bits per heavy atom. The maximum absolute atomic E-state index is 9.74. The molecule has 4 heteroatoms. The lowest BCUT2D eigenvalue weighted by atomic mass is 10.2. The maximum Gasteiger partial charge on any atom is 0.120 e. The standard InChI is InChI=1S/C16H19NO3/c1-19-15-7-8-16(18)13(11-15)12-17-9-10-20-14-5-3-2-4-6-14/h2-8,11,17-18H,9-10,12H2,1H3. The van der Waals surface area contributed by atoms with Crippen LogP contribution in [0.4, 0.5) is 0 Å². The monoisotopic (exact) mass is 273 g/mol. The molecule has 0 fully saturated rings. The third kappa shape index (κ3) is 4.17. The van der Waals surface area contributed by atoms with Gasteiger partial charge in [-0.25, -0.2) is 0 Å². The lowest BCUT2D eigenvalue weighted by molar-refractivity contribution is 0.313. The molecule has 20 heavy (non-hydrogen) atoms. The van der Waals surface area contributed by atoms with Crippen LogP contribution in [-0.4, -0.2) is 25.4 Å². The van der Waals surface area contributed by atoms with Gasteiger partial charge in [0.1, 0.15) is 23.9 Å². The van der Waals surface area contributed by atoms with Gasteiger partial charge in [0.2, 0.25) is 0 Å². The number of phenols is 1. The molecule has 0 bridgehead atoms. The van der Waals surface area contributed by atoms with Gasteiger partial charge >= 0.3 is 0 Å². The van der Waals surface area contributed by atoms with Gasteiger partial charge in [-0.3, -0.25) is 0 Å². The molecule has 2 aromatic carbocycles. The van der Waals surface area contributed by atoms with E-state index in [1.807, 2.05) is 36.4 Å². The molecule has 0 amide bonds. The highest BCUT2D eigenvalue weighted by molar-refractivity contribution is 5.39. The predicted molar refractivity (Wildman–Crippen MR) is 78.3 cm³/mol. The molecule has 0 saturated heterocycles. The maximum atomic E-state index is 9.74. The van der Waals surface area contributed by atoms with E-state index in [4.69, 9.17) is 9.47 Å². The van der Waals surface area contributed by atoms with Crippen LogP contribution in [0.1, 0.15) is 5.56 Å². The first-order valence-electron chi connectivity index (χ1n) is 6.54. The van der Waals surface area contributed by atoms with Crippen molar-refractivity contribution in [2.24, 2.45) is 0 Å². The molecule has 0 spiro atoms. The Morgan fingerprint density at radius 3 is 2.60 bits per heavy atom. The zero-order chi connectivity index (χ0) is 14.2. The first-order valence-corrected chi connectivity index (χ1v) is 6.54. The number of ether oxygens (including phenoxy) is 2. The molecule has 2 aromatic rings. The molecule has 0 aliphatic heterocycles. The molecule has 0 aliphatic carbocycles. The summed E-state index contributed by atoms with van der Waals surface area (Å²) in [5, 5.41) is 13.0. The van der Waals surface area contributed by atoms with Gasteiger partial charge in [0, 0.05) is 18.7 Å². The van der Waals surface area contributed by atoms with Crippen molar-refractivity contribution in [2.45, 2.75) is 6.54 Å². The lowest BCUT2D eigenvalue weighted by Crippen LogP contribution is -2.20. The second kappa shape index (κ2) is 7.40. The van der Waals surface area contributed by atoms with Crippen LogP contribution in [0.5, 0.6) is 17.2 Å². The normalized spacial score (nSPS) is 10.2. The molecule has 2 rings (SSSR count). The highest BCUT2D eigenvalue weighted by Gasteiger charge is 2.02. The summed E-state index contributed by atoms with van der Waals surface area (Å²) in [6.07, 6.45) is 0. The van der Waals surface area contributed by atoms with Crippen molar-refractivity contribution >= 4 is 0 Å². The Kier molecular flexibility index (Phi) is 5.26. The molecular weight excluding hydrogens is 254 g/mol. The van der Waals surface area contributed by atoms with Crippen LogP contribution < -0.4 is 14.8 Å². The molecule has 0 unspecified atom stereocenters. The molecule has 106 valence electrons. The number of hydrogen-bond acceptors (Lipinski definition) is 4. The van der Waals surface area contributed by atoms with Crippen molar-refractivity contribution in [3.8, 4) is 17.2 Å². The van der Waals surface area contributed by atoms with Gasteiger partial charge in [-0.1, -0.05) is 18.2 Å². The van der Waals surface area contributed by atoms with Crippen LogP contribution in [0.25, 0.3) is 0 Å². The van der Waals surface area contributed by atoms with E-state index >= 15 is 0 Å². The summed E-state index contributed by atoms with van der Waals surface area (Å²) in [6.45, 7) is 1.85. The van der Waals surface area contributed by atoms with Crippen molar-refractivity contribution in [1.82, 2.24) is 5.32 Å². The number of methoxy groups -OCH3 is 1. The SMILES string of the molecule is COc1ccc(O)c(CNCCOc2ccccc2)c1. The summed E-state index contributed by atoms with van der Waals surface area (Å²) < 4.78 is 10.7. The quantitative estimate of drug-likeness (QED) is 0.761. The Bertz CT molecular complexity index is 529. The number of nitrogens with one attached hydrogen (secondary N) is 1. The summed E-state index contributed by atoms with van der Waals surface area (Å²) >= 11 is 0. The zero-order valence-electron chi connectivity index (χ0n) is 11.5. The Labute approximate surface area is 119 Å². The molecule has 2 N–H and O–H groups in total. The second-order valence-electron chi connectivity index (χ2n) is 4.33. The van der Waals surface area contributed by atoms with Crippen LogP contribution in [0.3, 0.4) is 0 Å². The molecule has 0 saturated carbocycles. The van der Waals surface area contributed by atoms with Gasteiger partial charge in [0.25, 0.3) is 0 Å². The summed E-state index contributed by atoms with van der Waals surface area (Å²) in [7, 11) is 1.61. The van der Waals surface area contributed by atoms with E-state index in [0.29, 0.717) is 19.7 Å². The van der Waals surface area contributed by atoms with Crippen molar-refractivity contribution in [2.75, 3.05) is 20.3 Å². The van der Waals surface area contributed by atoms with E-state index in [9.17, 15) is 5.11 Å². The minimum atomic E-state index is 0.266. The van der Waals surface area contributed by atoms with Crippen LogP contribution in [0.2, 0.25) is 0 Å². The van der Waals surface area contributed by atoms with Gasteiger partial charge in [0.05, 0.1) is 7.11 Å². The van der Waals surface area contributed by atoms with Gasteiger partial charge < -0.3 is 19.9 Å². The first kappa shape index (κ1) is 14.2. The molecule has 0 radical (unpaired) electrons. The summed E-state index contributed by atoms with van der Waals surface area (Å²) in [6, 6.07) is 14.9. The van der Waals surface area contributed by atoms with Crippen LogP contribution in [0.15, 0.2) is 48.5 Å². The van der Waals surface area contributed by atoms with Gasteiger partial charge in [-0.15, -0.1) is 0 Å². The molecular formula is C16H19NO3. The first-order chi connectivity index (χ1) is 9.79. The Balaban J connectivity index is 1.73. The van der Waals surface area contributed by atoms with E-state index in [2.05, 4.69) is 5.32 Å². The van der Waals surface area contributed by atoms with Gasteiger partial charge in [-0.05, 0) is 30.3 Å². The highest BCUT2D eigenvalue weighted by atomic mass is 16.5. The van der Waals surface area contributed by atoms with Crippen molar-refractivity contribution in [3.63, 3.8) is 0 Å². The number of rotatable bonds is 7. The smallest absolute Gasteiger partial charge is 0.120 e. The average Bonchev–Trinajstić information content (AvgIpc) is 2.50. The van der Waals surface area contributed by atoms with E-state index < -0.39 is 0 Å². The molecule has 0 atom stereocenters. The second-order valence-corrected chi connectivity index (χ2v) is 4.33. The van der Waals surface area contributed by atoms with E-state index in [1.54, 1.807) is 19.2 Å². The van der Waals surface area contributed by atoms with E-state index in [0.717, 1.165) is 17.1 Å². The number of benzene rings is 2. The summed E-state index contributed by atoms with van der Waals surface area (Å²) in [5.41, 5.74) is 0.809. The third-order valence-corrected chi connectivity index (χ3v) is 2.89. The largest absolute Gasteiger partial charge is 0.508 e. The molecule has 0 aromatic heterocycles. The molecule has 0 aliphatic rings. The number of aromatic hydroxyl groups is 1. The summed E-state index contributed by atoms with van der Waals surface area (Å²) in [4.78, 5) is 0. The van der Waals surface area contributed by atoms with Crippen molar-refractivity contribution < 1.29 is 14.6 Å². The third-order valence-electron chi connectivity index (χ3n) is 2.89. The number of phenolic OH excluding ortho intramolecular Hbond substituents is 1. The highest BCUT2D eigenvalue weighted by Crippen LogP contribution is 2.22. The number of hydrogen-bond donors (Lipinski definition) is 2. The minimum absolute atomic E-state index is 0.266. The molecule has 0 heterocycles. The minimum Gasteiger partial charge on any atom is -0.508 e. The fraction of sp³-hybridized carbons (Fsp3) is 0.250. The van der Waals surface area contributed by atoms with Crippen LogP contribution in [0, 0.1) is 0 Å². The molecule has 4 nitrogen and oxygen atoms in total. The van der Waals surface area contributed by atoms with E-state index in [1.165, 1.54) is 0 Å². The van der Waals surface area contributed by atoms with Crippen molar-refractivity contribution in [3.05, 3.63) is 54.1 Å². The Morgan fingerprint density at radius 2 is 1.85 bits per heavy atom. The van der Waals surface area contributed by atoms with Crippen molar-refractivity contribution in [1.29, 1.82) is 0 Å². The Hall–Kier alpha value is -2.20. The predicted octanol–water partition coefficient (Wildman–Crippen LogP) is 2.57. The lowest BCUT2D eigenvalue weighted by Gasteiger charge is -2.09. The fourth-order valence-electron chi connectivity index (χ4n) is 1.81. The van der Waals surface area contributed by atoms with Gasteiger partial charge in [-0.2, -0.15) is 0 Å². The van der Waals surface area contributed by atoms with Crippen LogP contribution >= 0.6 is 0 Å². The zero-order valence-corrected chi connectivity index (χ0v) is 11.5. The number of para-hydroxylation sites is 1. The van der Waals surface area contributed by atoms with E-state index in [-0.39, 0.29) is 5.75 Å². The fourth-order valence-corrected chi connectivity index (χ4v) is 1.81.